The van der Waals surface area contributed by atoms with Crippen molar-refractivity contribution in [2.45, 2.75) is 25.9 Å². The largest absolute Gasteiger partial charge is 0.493 e. The van der Waals surface area contributed by atoms with Crippen LogP contribution in [0.25, 0.3) is 0 Å². The van der Waals surface area contributed by atoms with Gasteiger partial charge in [0.05, 0.1) is 19.3 Å². The number of benzene rings is 1. The highest BCUT2D eigenvalue weighted by Gasteiger charge is 2.31. The number of ketones is 1. The van der Waals surface area contributed by atoms with Crippen LogP contribution in [0.4, 0.5) is 5.69 Å². The molecule has 0 aliphatic carbocycles. The van der Waals surface area contributed by atoms with Crippen molar-refractivity contribution in [2.24, 2.45) is 0 Å². The van der Waals surface area contributed by atoms with Gasteiger partial charge in [-0.25, -0.2) is 0 Å². The Kier molecular flexibility index (Phi) is 3.18. The Hall–Kier alpha value is -2.30. The van der Waals surface area contributed by atoms with Crippen LogP contribution in [0.1, 0.15) is 23.0 Å². The average molecular weight is 271 g/mol. The molecule has 0 saturated carbocycles. The van der Waals surface area contributed by atoms with Crippen molar-refractivity contribution >= 4 is 11.5 Å². The van der Waals surface area contributed by atoms with Crippen LogP contribution in [-0.2, 0) is 13.0 Å². The second kappa shape index (κ2) is 5.00. The number of nitrogens with one attached hydrogen (secondary N) is 1. The monoisotopic (exact) mass is 271 g/mol. The highest BCUT2D eigenvalue weighted by molar-refractivity contribution is 6.03. The van der Waals surface area contributed by atoms with Gasteiger partial charge in [-0.2, -0.15) is 5.10 Å². The van der Waals surface area contributed by atoms with Crippen molar-refractivity contribution < 1.29 is 9.53 Å². The van der Waals surface area contributed by atoms with Crippen molar-refractivity contribution in [3.8, 4) is 5.75 Å². The molecule has 0 saturated heterocycles. The second-order valence-corrected chi connectivity index (χ2v) is 4.80. The molecule has 0 bridgehead atoms. The SMILES string of the molecule is CCn1ncc(OC)c1C(=O)C1Cc2ccccc2N1. The lowest BCUT2D eigenvalue weighted by atomic mass is 10.0. The number of aryl methyl sites for hydroxylation is 1. The summed E-state index contributed by atoms with van der Waals surface area (Å²) in [6, 6.07) is 7.75. The van der Waals surface area contributed by atoms with E-state index in [0.29, 0.717) is 24.4 Å². The number of para-hydroxylation sites is 1. The molecule has 0 amide bonds. The molecule has 5 heteroatoms. The zero-order valence-electron chi connectivity index (χ0n) is 11.6. The maximum Gasteiger partial charge on any atom is 0.207 e. The molecule has 1 atom stereocenters. The minimum atomic E-state index is -0.247. The van der Waals surface area contributed by atoms with E-state index < -0.39 is 0 Å². The molecule has 1 N–H and O–H groups in total. The van der Waals surface area contributed by atoms with Gasteiger partial charge in [-0.15, -0.1) is 0 Å². The number of rotatable bonds is 4. The molecule has 20 heavy (non-hydrogen) atoms. The van der Waals surface area contributed by atoms with Crippen LogP contribution < -0.4 is 10.1 Å². The molecule has 1 unspecified atom stereocenters. The Labute approximate surface area is 117 Å². The first kappa shape index (κ1) is 12.7. The van der Waals surface area contributed by atoms with E-state index in [4.69, 9.17) is 4.74 Å². The van der Waals surface area contributed by atoms with Crippen molar-refractivity contribution in [3.63, 3.8) is 0 Å². The maximum atomic E-state index is 12.7. The van der Waals surface area contributed by atoms with Crippen LogP contribution in [-0.4, -0.2) is 28.7 Å². The summed E-state index contributed by atoms with van der Waals surface area (Å²) in [5.41, 5.74) is 2.75. The van der Waals surface area contributed by atoms with E-state index in [1.54, 1.807) is 18.0 Å². The molecular weight excluding hydrogens is 254 g/mol. The first-order valence-corrected chi connectivity index (χ1v) is 6.73. The van der Waals surface area contributed by atoms with E-state index in [1.807, 2.05) is 31.2 Å². The highest BCUT2D eigenvalue weighted by atomic mass is 16.5. The molecule has 104 valence electrons. The van der Waals surface area contributed by atoms with E-state index >= 15 is 0 Å². The first-order valence-electron chi connectivity index (χ1n) is 6.73. The summed E-state index contributed by atoms with van der Waals surface area (Å²) in [5, 5.41) is 7.47. The number of methoxy groups -OCH3 is 1. The van der Waals surface area contributed by atoms with E-state index in [1.165, 1.54) is 5.56 Å². The number of fused-ring (bicyclic) bond motifs is 1. The van der Waals surface area contributed by atoms with Gasteiger partial charge in [0.25, 0.3) is 0 Å². The van der Waals surface area contributed by atoms with Crippen molar-refractivity contribution in [2.75, 3.05) is 12.4 Å². The zero-order chi connectivity index (χ0) is 14.1. The van der Waals surface area contributed by atoms with Gasteiger partial charge in [0.1, 0.15) is 5.69 Å². The van der Waals surface area contributed by atoms with Gasteiger partial charge in [-0.3, -0.25) is 9.48 Å². The summed E-state index contributed by atoms with van der Waals surface area (Å²) < 4.78 is 6.94. The molecule has 0 spiro atoms. The first-order chi connectivity index (χ1) is 9.74. The molecule has 1 aliphatic rings. The molecular formula is C15H17N3O2. The lowest BCUT2D eigenvalue weighted by Crippen LogP contribution is -2.29. The van der Waals surface area contributed by atoms with Crippen LogP contribution in [0.2, 0.25) is 0 Å². The molecule has 0 radical (unpaired) electrons. The second-order valence-electron chi connectivity index (χ2n) is 4.80. The normalized spacial score (nSPS) is 16.6. The third-order valence-corrected chi connectivity index (χ3v) is 3.65. The average Bonchev–Trinajstić information content (AvgIpc) is 3.09. The molecule has 2 aromatic rings. The van der Waals surface area contributed by atoms with Gasteiger partial charge >= 0.3 is 0 Å². The van der Waals surface area contributed by atoms with E-state index in [2.05, 4.69) is 10.4 Å². The zero-order valence-corrected chi connectivity index (χ0v) is 11.6. The summed E-state index contributed by atoms with van der Waals surface area (Å²) in [4.78, 5) is 12.7. The maximum absolute atomic E-state index is 12.7. The quantitative estimate of drug-likeness (QED) is 0.866. The van der Waals surface area contributed by atoms with Crippen LogP contribution >= 0.6 is 0 Å². The fourth-order valence-corrected chi connectivity index (χ4v) is 2.63. The fraction of sp³-hybridized carbons (Fsp3) is 0.333. The van der Waals surface area contributed by atoms with Crippen LogP contribution in [0, 0.1) is 0 Å². The molecule has 5 nitrogen and oxygen atoms in total. The van der Waals surface area contributed by atoms with Crippen LogP contribution in [0.3, 0.4) is 0 Å². The van der Waals surface area contributed by atoms with Gasteiger partial charge in [-0.1, -0.05) is 18.2 Å². The molecule has 1 aromatic carbocycles. The van der Waals surface area contributed by atoms with E-state index in [9.17, 15) is 4.79 Å². The van der Waals surface area contributed by atoms with Gasteiger partial charge < -0.3 is 10.1 Å². The number of hydrogen-bond acceptors (Lipinski definition) is 4. The summed E-state index contributed by atoms with van der Waals surface area (Å²) in [6.45, 7) is 2.60. The summed E-state index contributed by atoms with van der Waals surface area (Å²) in [6.07, 6.45) is 2.30. The Morgan fingerprint density at radius 3 is 3.00 bits per heavy atom. The molecule has 3 rings (SSSR count). The third-order valence-electron chi connectivity index (χ3n) is 3.65. The number of hydrogen-bond donors (Lipinski definition) is 1. The topological polar surface area (TPSA) is 56.2 Å². The number of carbonyl (C=O) groups excluding carboxylic acids is 1. The smallest absolute Gasteiger partial charge is 0.207 e. The summed E-state index contributed by atoms with van der Waals surface area (Å²) >= 11 is 0. The predicted molar refractivity (Wildman–Crippen MR) is 76.3 cm³/mol. The predicted octanol–water partition coefficient (Wildman–Crippen LogP) is 2.13. The minimum Gasteiger partial charge on any atom is -0.493 e. The fourth-order valence-electron chi connectivity index (χ4n) is 2.63. The molecule has 1 aromatic heterocycles. The van der Waals surface area contributed by atoms with E-state index in [0.717, 1.165) is 5.69 Å². The van der Waals surface area contributed by atoms with Crippen molar-refractivity contribution in [1.29, 1.82) is 0 Å². The minimum absolute atomic E-state index is 0.0254. The van der Waals surface area contributed by atoms with Crippen molar-refractivity contribution in [1.82, 2.24) is 9.78 Å². The highest BCUT2D eigenvalue weighted by Crippen LogP contribution is 2.29. The Balaban J connectivity index is 1.90. The Morgan fingerprint density at radius 1 is 1.50 bits per heavy atom. The number of carbonyl (C=O) groups is 1. The lowest BCUT2D eigenvalue weighted by molar-refractivity contribution is 0.0958. The summed E-state index contributed by atoms with van der Waals surface area (Å²) in [5.74, 6) is 0.562. The summed E-state index contributed by atoms with van der Waals surface area (Å²) in [7, 11) is 1.56. The molecule has 2 heterocycles. The number of ether oxygens (including phenoxy) is 1. The Bertz CT molecular complexity index is 602. The van der Waals surface area contributed by atoms with Gasteiger partial charge in [0, 0.05) is 18.7 Å². The van der Waals surface area contributed by atoms with Crippen molar-refractivity contribution in [3.05, 3.63) is 41.7 Å². The number of nitrogens with zero attached hydrogens (tertiary/aromatic N) is 2. The third kappa shape index (κ3) is 1.95. The Morgan fingerprint density at radius 2 is 2.30 bits per heavy atom. The lowest BCUT2D eigenvalue weighted by Gasteiger charge is -2.12. The molecule has 0 fully saturated rings. The standard InChI is InChI=1S/C15H17N3O2/c1-3-18-14(13(20-2)9-16-18)15(19)12-8-10-6-4-5-7-11(10)17-12/h4-7,9,12,17H,3,8H2,1-2H3. The van der Waals surface area contributed by atoms with Crippen LogP contribution in [0.5, 0.6) is 5.75 Å². The van der Waals surface area contributed by atoms with E-state index in [-0.39, 0.29) is 11.8 Å². The number of Topliss-reactive ketones (excluding diaryl/α,β-unsaturated/α-hetero) is 1. The van der Waals surface area contributed by atoms with Crippen LogP contribution in [0.15, 0.2) is 30.5 Å². The van der Waals surface area contributed by atoms with Gasteiger partial charge in [-0.05, 0) is 18.6 Å². The molecule has 1 aliphatic heterocycles. The van der Waals surface area contributed by atoms with Gasteiger partial charge in [0.2, 0.25) is 5.78 Å². The number of anilines is 1. The van der Waals surface area contributed by atoms with Gasteiger partial charge in [0.15, 0.2) is 5.75 Å². The number of aromatic nitrogens is 2.